The third-order valence-electron chi connectivity index (χ3n) is 6.02. The van der Waals surface area contributed by atoms with E-state index >= 15 is 0 Å². The van der Waals surface area contributed by atoms with Crippen LogP contribution in [0.4, 0.5) is 17.1 Å². The molecule has 5 aromatic carbocycles. The molecule has 3 nitrogen and oxygen atoms in total. The summed E-state index contributed by atoms with van der Waals surface area (Å²) >= 11 is 0. The highest BCUT2D eigenvalue weighted by molar-refractivity contribution is 6.00. The smallest absolute Gasteiger partial charge is 0.150 e. The Labute approximate surface area is 204 Å². The molecule has 35 heavy (non-hydrogen) atoms. The SMILES string of the molecule is O=Cc1cc(-c2ccccc2N(c2ccccc2)c2ccccc2)c(C=O)cc1-c1ccccc1. The summed E-state index contributed by atoms with van der Waals surface area (Å²) in [5.41, 5.74) is 7.20. The van der Waals surface area contributed by atoms with Gasteiger partial charge in [0.15, 0.2) is 12.6 Å². The van der Waals surface area contributed by atoms with E-state index in [4.69, 9.17) is 0 Å². The molecule has 0 unspecified atom stereocenters. The van der Waals surface area contributed by atoms with Gasteiger partial charge >= 0.3 is 0 Å². The number of para-hydroxylation sites is 3. The predicted octanol–water partition coefficient (Wildman–Crippen LogP) is 8.12. The second-order valence-electron chi connectivity index (χ2n) is 8.15. The summed E-state index contributed by atoms with van der Waals surface area (Å²) in [5, 5.41) is 0. The molecule has 0 fully saturated rings. The van der Waals surface area contributed by atoms with Crippen LogP contribution >= 0.6 is 0 Å². The van der Waals surface area contributed by atoms with E-state index < -0.39 is 0 Å². The van der Waals surface area contributed by atoms with Crippen LogP contribution in [0.15, 0.2) is 127 Å². The van der Waals surface area contributed by atoms with Gasteiger partial charge in [0.25, 0.3) is 0 Å². The highest BCUT2D eigenvalue weighted by Crippen LogP contribution is 2.42. The van der Waals surface area contributed by atoms with E-state index in [2.05, 4.69) is 29.2 Å². The Kier molecular flexibility index (Phi) is 6.31. The minimum Gasteiger partial charge on any atom is -0.310 e. The van der Waals surface area contributed by atoms with Gasteiger partial charge in [-0.05, 0) is 59.2 Å². The number of nitrogens with zero attached hydrogens (tertiary/aromatic N) is 1. The third kappa shape index (κ3) is 4.40. The second kappa shape index (κ2) is 10.0. The first-order chi connectivity index (χ1) is 17.3. The molecule has 0 radical (unpaired) electrons. The van der Waals surface area contributed by atoms with Crippen LogP contribution in [0.5, 0.6) is 0 Å². The van der Waals surface area contributed by atoms with E-state index in [1.165, 1.54) is 0 Å². The van der Waals surface area contributed by atoms with Crippen molar-refractivity contribution in [3.8, 4) is 22.3 Å². The topological polar surface area (TPSA) is 37.4 Å². The first-order valence-corrected chi connectivity index (χ1v) is 11.4. The normalized spacial score (nSPS) is 10.5. The summed E-state index contributed by atoms with van der Waals surface area (Å²) in [4.78, 5) is 26.6. The van der Waals surface area contributed by atoms with Crippen molar-refractivity contribution in [2.45, 2.75) is 0 Å². The van der Waals surface area contributed by atoms with Gasteiger partial charge in [0, 0.05) is 28.1 Å². The van der Waals surface area contributed by atoms with Gasteiger partial charge in [-0.3, -0.25) is 9.59 Å². The number of rotatable bonds is 7. The van der Waals surface area contributed by atoms with Crippen molar-refractivity contribution in [2.24, 2.45) is 0 Å². The predicted molar refractivity (Wildman–Crippen MR) is 143 cm³/mol. The van der Waals surface area contributed by atoms with Gasteiger partial charge in [-0.25, -0.2) is 0 Å². The summed E-state index contributed by atoms with van der Waals surface area (Å²) in [6.45, 7) is 0. The lowest BCUT2D eigenvalue weighted by Crippen LogP contribution is -2.11. The van der Waals surface area contributed by atoms with Crippen molar-refractivity contribution in [1.82, 2.24) is 0 Å². The van der Waals surface area contributed by atoms with Crippen LogP contribution in [-0.4, -0.2) is 12.6 Å². The minimum atomic E-state index is 0.531. The number of anilines is 3. The summed E-state index contributed by atoms with van der Waals surface area (Å²) in [6.07, 6.45) is 1.72. The summed E-state index contributed by atoms with van der Waals surface area (Å²) in [6, 6.07) is 41.5. The van der Waals surface area contributed by atoms with Gasteiger partial charge in [0.2, 0.25) is 0 Å². The highest BCUT2D eigenvalue weighted by atomic mass is 16.1. The average Bonchev–Trinajstić information content (AvgIpc) is 2.94. The van der Waals surface area contributed by atoms with Crippen LogP contribution in [0.3, 0.4) is 0 Å². The van der Waals surface area contributed by atoms with Gasteiger partial charge in [-0.1, -0.05) is 84.9 Å². The van der Waals surface area contributed by atoms with Crippen molar-refractivity contribution in [3.63, 3.8) is 0 Å². The molecule has 0 aromatic heterocycles. The standard InChI is InChI=1S/C32H23NO2/c34-22-25-21-31(26(23-35)20-30(25)24-12-4-1-5-13-24)29-18-10-11-19-32(29)33(27-14-6-2-7-15-27)28-16-8-3-9-17-28/h1-23H. The molecule has 0 saturated heterocycles. The molecule has 3 heteroatoms. The lowest BCUT2D eigenvalue weighted by molar-refractivity contribution is 0.111. The fourth-order valence-electron chi connectivity index (χ4n) is 4.41. The molecule has 0 spiro atoms. The first kappa shape index (κ1) is 22.1. The Morgan fingerprint density at radius 2 is 0.914 bits per heavy atom. The van der Waals surface area contributed by atoms with Crippen molar-refractivity contribution in [3.05, 3.63) is 139 Å². The number of benzene rings is 5. The molecule has 0 atom stereocenters. The Bertz CT molecular complexity index is 1420. The zero-order valence-electron chi connectivity index (χ0n) is 19.0. The lowest BCUT2D eigenvalue weighted by atomic mass is 9.90. The molecule has 5 aromatic rings. The molecule has 0 saturated carbocycles. The van der Waals surface area contributed by atoms with Gasteiger partial charge < -0.3 is 4.90 Å². The molecule has 0 amide bonds. The third-order valence-corrected chi connectivity index (χ3v) is 6.02. The zero-order valence-corrected chi connectivity index (χ0v) is 19.0. The van der Waals surface area contributed by atoms with Gasteiger partial charge in [0.05, 0.1) is 5.69 Å². The highest BCUT2D eigenvalue weighted by Gasteiger charge is 2.19. The van der Waals surface area contributed by atoms with Crippen LogP contribution in [-0.2, 0) is 0 Å². The molecular formula is C32H23NO2. The van der Waals surface area contributed by atoms with Crippen molar-refractivity contribution in [2.75, 3.05) is 4.90 Å². The van der Waals surface area contributed by atoms with Crippen molar-refractivity contribution < 1.29 is 9.59 Å². The Balaban J connectivity index is 1.74. The molecule has 0 aliphatic rings. The summed E-state index contributed by atoms with van der Waals surface area (Å²) in [5.74, 6) is 0. The van der Waals surface area contributed by atoms with Crippen LogP contribution in [0.2, 0.25) is 0 Å². The number of carbonyl (C=O) groups is 2. The van der Waals surface area contributed by atoms with Crippen LogP contribution < -0.4 is 4.90 Å². The van der Waals surface area contributed by atoms with E-state index in [1.54, 1.807) is 0 Å². The average molecular weight is 454 g/mol. The second-order valence-corrected chi connectivity index (χ2v) is 8.15. The fraction of sp³-hybridized carbons (Fsp3) is 0. The van der Waals surface area contributed by atoms with Crippen LogP contribution in [0, 0.1) is 0 Å². The maximum atomic E-state index is 12.3. The number of hydrogen-bond donors (Lipinski definition) is 0. The monoisotopic (exact) mass is 453 g/mol. The quantitative estimate of drug-likeness (QED) is 0.234. The van der Waals surface area contributed by atoms with E-state index in [-0.39, 0.29) is 0 Å². The molecule has 0 aliphatic heterocycles. The van der Waals surface area contributed by atoms with Crippen molar-refractivity contribution >= 4 is 29.6 Å². The van der Waals surface area contributed by atoms with Gasteiger partial charge in [-0.2, -0.15) is 0 Å². The van der Waals surface area contributed by atoms with Crippen molar-refractivity contribution in [1.29, 1.82) is 0 Å². The van der Waals surface area contributed by atoms with Crippen LogP contribution in [0.25, 0.3) is 22.3 Å². The molecular weight excluding hydrogens is 430 g/mol. The lowest BCUT2D eigenvalue weighted by Gasteiger charge is -2.28. The molecule has 0 bridgehead atoms. The summed E-state index contributed by atoms with van der Waals surface area (Å²) in [7, 11) is 0. The van der Waals surface area contributed by atoms with Crippen LogP contribution in [0.1, 0.15) is 20.7 Å². The maximum absolute atomic E-state index is 12.3. The largest absolute Gasteiger partial charge is 0.310 e. The van der Waals surface area contributed by atoms with E-state index in [0.717, 1.165) is 46.3 Å². The zero-order chi connectivity index (χ0) is 24.0. The number of aldehydes is 2. The fourth-order valence-corrected chi connectivity index (χ4v) is 4.41. The molecule has 168 valence electrons. The van der Waals surface area contributed by atoms with E-state index in [0.29, 0.717) is 16.7 Å². The Morgan fingerprint density at radius 1 is 0.457 bits per heavy atom. The van der Waals surface area contributed by atoms with E-state index in [9.17, 15) is 9.59 Å². The Hall–Kier alpha value is -4.76. The van der Waals surface area contributed by atoms with Gasteiger partial charge in [-0.15, -0.1) is 0 Å². The minimum absolute atomic E-state index is 0.531. The molecule has 0 aliphatic carbocycles. The van der Waals surface area contributed by atoms with Gasteiger partial charge in [0.1, 0.15) is 0 Å². The molecule has 5 rings (SSSR count). The number of carbonyl (C=O) groups excluding carboxylic acids is 2. The van der Waals surface area contributed by atoms with E-state index in [1.807, 2.05) is 103 Å². The molecule has 0 N–H and O–H groups in total. The number of hydrogen-bond acceptors (Lipinski definition) is 3. The summed E-state index contributed by atoms with van der Waals surface area (Å²) < 4.78 is 0. The first-order valence-electron chi connectivity index (χ1n) is 11.4. The molecule has 0 heterocycles. The maximum Gasteiger partial charge on any atom is 0.150 e. The Morgan fingerprint density at radius 3 is 1.49 bits per heavy atom.